The second kappa shape index (κ2) is 9.17. The molecule has 178 valence electrons. The van der Waals surface area contributed by atoms with Crippen molar-refractivity contribution < 1.29 is 22.7 Å². The Morgan fingerprint density at radius 1 is 1.03 bits per heavy atom. The lowest BCUT2D eigenvalue weighted by atomic mass is 10.2. The number of carbonyl (C=O) groups excluding carboxylic acids is 1. The molecule has 1 amide bonds. The number of piperazine rings is 1. The van der Waals surface area contributed by atoms with E-state index in [4.69, 9.17) is 9.47 Å². The standard InChI is InChI=1S/C23H30N4O5S/c1-23(2,3)32-22(28)27-12-10-26(11-13-27)21-24-14-18(15-25-21)31-16-17-4-6-19(7-5-17)33(29,30)20-8-9-20/h4-7,14-15,20H,8-13,16H2,1-3H3. The van der Waals surface area contributed by atoms with Gasteiger partial charge in [-0.3, -0.25) is 0 Å². The summed E-state index contributed by atoms with van der Waals surface area (Å²) in [5, 5.41) is -0.212. The summed E-state index contributed by atoms with van der Waals surface area (Å²) in [6.07, 6.45) is 4.44. The fourth-order valence-electron chi connectivity index (χ4n) is 3.48. The van der Waals surface area contributed by atoms with E-state index >= 15 is 0 Å². The molecule has 0 spiro atoms. The number of aromatic nitrogens is 2. The highest BCUT2D eigenvalue weighted by atomic mass is 32.2. The van der Waals surface area contributed by atoms with Gasteiger partial charge in [-0.1, -0.05) is 12.1 Å². The van der Waals surface area contributed by atoms with Gasteiger partial charge in [0.1, 0.15) is 12.2 Å². The summed E-state index contributed by atoms with van der Waals surface area (Å²) in [4.78, 5) is 25.1. The number of amides is 1. The first-order chi connectivity index (χ1) is 15.6. The van der Waals surface area contributed by atoms with Gasteiger partial charge in [0.15, 0.2) is 15.6 Å². The molecule has 2 fully saturated rings. The number of ether oxygens (including phenoxy) is 2. The van der Waals surface area contributed by atoms with Gasteiger partial charge < -0.3 is 19.3 Å². The summed E-state index contributed by atoms with van der Waals surface area (Å²) < 4.78 is 35.7. The molecule has 2 heterocycles. The van der Waals surface area contributed by atoms with Gasteiger partial charge >= 0.3 is 6.09 Å². The zero-order chi connectivity index (χ0) is 23.6. The van der Waals surface area contributed by atoms with Gasteiger partial charge in [0.05, 0.1) is 22.5 Å². The number of benzene rings is 1. The minimum absolute atomic E-state index is 0.212. The average molecular weight is 475 g/mol. The highest BCUT2D eigenvalue weighted by Crippen LogP contribution is 2.33. The van der Waals surface area contributed by atoms with Gasteiger partial charge in [-0.15, -0.1) is 0 Å². The third-order valence-electron chi connectivity index (χ3n) is 5.45. The number of rotatable bonds is 6. The molecule has 0 bridgehead atoms. The molecule has 1 saturated carbocycles. The van der Waals surface area contributed by atoms with E-state index in [9.17, 15) is 13.2 Å². The van der Waals surface area contributed by atoms with Crippen molar-refractivity contribution in [1.82, 2.24) is 14.9 Å². The first-order valence-electron chi connectivity index (χ1n) is 11.1. The van der Waals surface area contributed by atoms with Crippen LogP contribution in [0.2, 0.25) is 0 Å². The predicted molar refractivity (Wildman–Crippen MR) is 123 cm³/mol. The van der Waals surface area contributed by atoms with Crippen LogP contribution in [0.5, 0.6) is 5.75 Å². The lowest BCUT2D eigenvalue weighted by Gasteiger charge is -2.35. The Balaban J connectivity index is 1.26. The van der Waals surface area contributed by atoms with Gasteiger partial charge in [0.2, 0.25) is 5.95 Å². The van der Waals surface area contributed by atoms with Crippen LogP contribution in [0.15, 0.2) is 41.6 Å². The number of anilines is 1. The quantitative estimate of drug-likeness (QED) is 0.630. The van der Waals surface area contributed by atoms with Gasteiger partial charge in [-0.25, -0.2) is 23.2 Å². The van der Waals surface area contributed by atoms with Crippen LogP contribution in [0.25, 0.3) is 0 Å². The maximum absolute atomic E-state index is 12.3. The van der Waals surface area contributed by atoms with E-state index < -0.39 is 15.4 Å². The second-order valence-corrected chi connectivity index (χ2v) is 11.6. The highest BCUT2D eigenvalue weighted by Gasteiger charge is 2.36. The molecule has 1 aromatic heterocycles. The van der Waals surface area contributed by atoms with Crippen LogP contribution in [0.4, 0.5) is 10.7 Å². The number of carbonyl (C=O) groups is 1. The molecule has 2 aliphatic rings. The van der Waals surface area contributed by atoms with E-state index in [1.807, 2.05) is 25.7 Å². The largest absolute Gasteiger partial charge is 0.486 e. The summed E-state index contributed by atoms with van der Waals surface area (Å²) in [5.74, 6) is 1.11. The fraction of sp³-hybridized carbons (Fsp3) is 0.522. The molecule has 4 rings (SSSR count). The monoisotopic (exact) mass is 474 g/mol. The number of hydrogen-bond donors (Lipinski definition) is 0. The van der Waals surface area contributed by atoms with Crippen molar-refractivity contribution in [3.63, 3.8) is 0 Å². The van der Waals surface area contributed by atoms with Crippen LogP contribution < -0.4 is 9.64 Å². The zero-order valence-corrected chi connectivity index (χ0v) is 20.0. The van der Waals surface area contributed by atoms with E-state index in [0.717, 1.165) is 18.4 Å². The Hall–Kier alpha value is -2.88. The van der Waals surface area contributed by atoms with E-state index in [1.54, 1.807) is 41.6 Å². The maximum atomic E-state index is 12.3. The van der Waals surface area contributed by atoms with Crippen LogP contribution in [0, 0.1) is 0 Å². The Bertz CT molecular complexity index is 1070. The van der Waals surface area contributed by atoms with Crippen molar-refractivity contribution >= 4 is 21.9 Å². The summed E-state index contributed by atoms with van der Waals surface area (Å²) in [5.41, 5.74) is 0.357. The Kier molecular flexibility index (Phi) is 6.47. The van der Waals surface area contributed by atoms with Crippen LogP contribution in [-0.2, 0) is 21.2 Å². The molecule has 0 unspecified atom stereocenters. The summed E-state index contributed by atoms with van der Waals surface area (Å²) in [6.45, 7) is 8.19. The molecule has 1 aliphatic carbocycles. The SMILES string of the molecule is CC(C)(C)OC(=O)N1CCN(c2ncc(OCc3ccc(S(=O)(=O)C4CC4)cc3)cn2)CC1. The number of nitrogens with zero attached hydrogens (tertiary/aromatic N) is 4. The van der Waals surface area contributed by atoms with Crippen LogP contribution in [0.3, 0.4) is 0 Å². The van der Waals surface area contributed by atoms with Crippen molar-refractivity contribution in [1.29, 1.82) is 0 Å². The molecule has 0 radical (unpaired) electrons. The lowest BCUT2D eigenvalue weighted by Crippen LogP contribution is -2.50. The molecule has 1 saturated heterocycles. The van der Waals surface area contributed by atoms with Crippen LogP contribution in [-0.4, -0.2) is 66.4 Å². The molecule has 1 aliphatic heterocycles. The lowest BCUT2D eigenvalue weighted by molar-refractivity contribution is 0.0240. The van der Waals surface area contributed by atoms with Crippen molar-refractivity contribution in [2.45, 2.75) is 56.0 Å². The summed E-state index contributed by atoms with van der Waals surface area (Å²) in [6, 6.07) is 6.83. The normalized spacial score (nSPS) is 17.1. The Labute approximate surface area is 194 Å². The molecule has 10 heteroatoms. The predicted octanol–water partition coefficient (Wildman–Crippen LogP) is 3.05. The third-order valence-corrected chi connectivity index (χ3v) is 7.73. The van der Waals surface area contributed by atoms with E-state index in [2.05, 4.69) is 9.97 Å². The smallest absolute Gasteiger partial charge is 0.410 e. The van der Waals surface area contributed by atoms with Crippen LogP contribution in [0.1, 0.15) is 39.2 Å². The first-order valence-corrected chi connectivity index (χ1v) is 12.7. The Morgan fingerprint density at radius 2 is 1.64 bits per heavy atom. The van der Waals surface area contributed by atoms with Gasteiger partial charge in [-0.2, -0.15) is 0 Å². The molecular weight excluding hydrogens is 444 g/mol. The highest BCUT2D eigenvalue weighted by molar-refractivity contribution is 7.92. The number of hydrogen-bond acceptors (Lipinski definition) is 8. The van der Waals surface area contributed by atoms with Crippen molar-refractivity contribution in [3.05, 3.63) is 42.2 Å². The summed E-state index contributed by atoms with van der Waals surface area (Å²) >= 11 is 0. The van der Waals surface area contributed by atoms with E-state index in [0.29, 0.717) is 49.4 Å². The molecule has 0 N–H and O–H groups in total. The molecule has 2 aromatic rings. The van der Waals surface area contributed by atoms with Crippen molar-refractivity contribution in [2.75, 3.05) is 31.1 Å². The van der Waals surface area contributed by atoms with Gasteiger partial charge in [0.25, 0.3) is 0 Å². The zero-order valence-electron chi connectivity index (χ0n) is 19.2. The van der Waals surface area contributed by atoms with E-state index in [-0.39, 0.29) is 11.3 Å². The third kappa shape index (κ3) is 5.93. The number of sulfone groups is 1. The molecule has 33 heavy (non-hydrogen) atoms. The van der Waals surface area contributed by atoms with Crippen LogP contribution >= 0.6 is 0 Å². The minimum atomic E-state index is -3.18. The molecule has 0 atom stereocenters. The van der Waals surface area contributed by atoms with E-state index in [1.165, 1.54) is 0 Å². The van der Waals surface area contributed by atoms with Crippen molar-refractivity contribution in [3.8, 4) is 5.75 Å². The topological polar surface area (TPSA) is 102 Å². The second-order valence-electron chi connectivity index (χ2n) is 9.35. The molecular formula is C23H30N4O5S. The molecule has 1 aromatic carbocycles. The summed E-state index contributed by atoms with van der Waals surface area (Å²) in [7, 11) is -3.18. The maximum Gasteiger partial charge on any atom is 0.410 e. The van der Waals surface area contributed by atoms with Gasteiger partial charge in [-0.05, 0) is 51.3 Å². The Morgan fingerprint density at radius 3 is 2.18 bits per heavy atom. The van der Waals surface area contributed by atoms with Crippen molar-refractivity contribution in [2.24, 2.45) is 0 Å². The average Bonchev–Trinajstić information content (AvgIpc) is 3.64. The van der Waals surface area contributed by atoms with Gasteiger partial charge in [0, 0.05) is 26.2 Å². The molecule has 9 nitrogen and oxygen atoms in total. The first kappa shape index (κ1) is 23.3. The minimum Gasteiger partial charge on any atom is -0.486 e. The fourth-order valence-corrected chi connectivity index (χ4v) is 5.13.